The standard InChI is InChI=1S/C28H28N2O5S/c1-19-9-11-21(12-10-19)24-17-28(2,29-26(31)25(24)27(32)30-36(3,33)34)22-13-15-23(16-14-22)35-18-20-7-5-4-6-8-20/h4-16H,17-18H2,1-3H3,(H,29,31)(H,30,32)/t28-/m0/s1. The van der Waals surface area contributed by atoms with Gasteiger partial charge in [0, 0.05) is 6.42 Å². The number of benzene rings is 3. The summed E-state index contributed by atoms with van der Waals surface area (Å²) in [6.45, 7) is 4.26. The molecule has 2 amide bonds. The van der Waals surface area contributed by atoms with Gasteiger partial charge in [0.15, 0.2) is 0 Å². The van der Waals surface area contributed by atoms with Crippen LogP contribution in [0.5, 0.6) is 5.75 Å². The van der Waals surface area contributed by atoms with Crippen LogP contribution in [0.3, 0.4) is 0 Å². The number of aryl methyl sites for hydroxylation is 1. The number of carbonyl (C=O) groups excluding carboxylic acids is 2. The molecule has 1 atom stereocenters. The van der Waals surface area contributed by atoms with E-state index in [0.717, 1.165) is 22.9 Å². The van der Waals surface area contributed by atoms with E-state index in [1.807, 2.05) is 97.4 Å². The van der Waals surface area contributed by atoms with Crippen LogP contribution in [0.15, 0.2) is 84.4 Å². The zero-order chi connectivity index (χ0) is 25.9. The third-order valence-corrected chi connectivity index (χ3v) is 6.65. The van der Waals surface area contributed by atoms with E-state index >= 15 is 0 Å². The molecule has 0 saturated heterocycles. The molecule has 0 saturated carbocycles. The largest absolute Gasteiger partial charge is 0.489 e. The molecule has 0 bridgehead atoms. The number of hydrogen-bond donors (Lipinski definition) is 2. The predicted molar refractivity (Wildman–Crippen MR) is 138 cm³/mol. The van der Waals surface area contributed by atoms with Gasteiger partial charge in [-0.1, -0.05) is 72.3 Å². The molecule has 0 aromatic heterocycles. The minimum absolute atomic E-state index is 0.204. The third-order valence-electron chi connectivity index (χ3n) is 6.09. The smallest absolute Gasteiger partial charge is 0.270 e. The summed E-state index contributed by atoms with van der Waals surface area (Å²) in [5.74, 6) is -0.891. The van der Waals surface area contributed by atoms with E-state index in [9.17, 15) is 18.0 Å². The molecule has 0 radical (unpaired) electrons. The Balaban J connectivity index is 1.65. The quantitative estimate of drug-likeness (QED) is 0.476. The fourth-order valence-electron chi connectivity index (χ4n) is 4.23. The number of carbonyl (C=O) groups is 2. The molecular weight excluding hydrogens is 476 g/mol. The molecule has 36 heavy (non-hydrogen) atoms. The Bertz CT molecular complexity index is 1410. The number of sulfonamides is 1. The maximum atomic E-state index is 13.2. The Morgan fingerprint density at radius 1 is 1.00 bits per heavy atom. The van der Waals surface area contributed by atoms with Crippen LogP contribution in [0.2, 0.25) is 0 Å². The molecule has 1 heterocycles. The molecule has 1 aliphatic rings. The molecule has 4 rings (SSSR count). The highest BCUT2D eigenvalue weighted by Gasteiger charge is 2.40. The molecule has 186 valence electrons. The van der Waals surface area contributed by atoms with Crippen molar-refractivity contribution < 1.29 is 22.7 Å². The first-order valence-corrected chi connectivity index (χ1v) is 13.4. The van der Waals surface area contributed by atoms with Crippen molar-refractivity contribution in [3.05, 3.63) is 107 Å². The maximum Gasteiger partial charge on any atom is 0.270 e. The van der Waals surface area contributed by atoms with Gasteiger partial charge in [0.25, 0.3) is 11.8 Å². The number of amides is 2. The lowest BCUT2D eigenvalue weighted by atomic mass is 9.78. The van der Waals surface area contributed by atoms with Crippen LogP contribution in [0.1, 0.15) is 35.6 Å². The molecule has 3 aromatic carbocycles. The van der Waals surface area contributed by atoms with Gasteiger partial charge in [0.1, 0.15) is 17.9 Å². The SMILES string of the molecule is Cc1ccc(C2=C(C(=O)NS(C)(=O)=O)C(=O)N[C@](C)(c3ccc(OCc4ccccc4)cc3)C2)cc1. The van der Waals surface area contributed by atoms with Crippen LogP contribution in [0.25, 0.3) is 5.57 Å². The van der Waals surface area contributed by atoms with Gasteiger partial charge < -0.3 is 10.1 Å². The van der Waals surface area contributed by atoms with Crippen molar-refractivity contribution >= 4 is 27.4 Å². The first-order valence-electron chi connectivity index (χ1n) is 11.5. The first kappa shape index (κ1) is 25.2. The highest BCUT2D eigenvalue weighted by atomic mass is 32.2. The van der Waals surface area contributed by atoms with Gasteiger partial charge in [-0.25, -0.2) is 13.1 Å². The Morgan fingerprint density at radius 3 is 2.25 bits per heavy atom. The molecule has 0 unspecified atom stereocenters. The summed E-state index contributed by atoms with van der Waals surface area (Å²) in [6.07, 6.45) is 1.17. The van der Waals surface area contributed by atoms with Crippen LogP contribution in [0.4, 0.5) is 0 Å². The summed E-state index contributed by atoms with van der Waals surface area (Å²) in [5.41, 5.74) is 3.04. The van der Waals surface area contributed by atoms with Gasteiger partial charge >= 0.3 is 0 Å². The Hall–Kier alpha value is -3.91. The second kappa shape index (κ2) is 9.99. The van der Waals surface area contributed by atoms with E-state index < -0.39 is 27.4 Å². The van der Waals surface area contributed by atoms with E-state index in [2.05, 4.69) is 5.32 Å². The van der Waals surface area contributed by atoms with Gasteiger partial charge in [0.05, 0.1) is 11.8 Å². The van der Waals surface area contributed by atoms with Crippen LogP contribution in [0, 0.1) is 6.92 Å². The molecular formula is C28H28N2O5S. The van der Waals surface area contributed by atoms with Gasteiger partial charge in [-0.05, 0) is 48.2 Å². The highest BCUT2D eigenvalue weighted by molar-refractivity contribution is 7.89. The van der Waals surface area contributed by atoms with Crippen LogP contribution in [-0.4, -0.2) is 26.5 Å². The molecule has 0 spiro atoms. The maximum absolute atomic E-state index is 13.2. The summed E-state index contributed by atoms with van der Waals surface area (Å²) in [7, 11) is -3.85. The van der Waals surface area contributed by atoms with Gasteiger partial charge in [0.2, 0.25) is 10.0 Å². The molecule has 0 aliphatic carbocycles. The minimum atomic E-state index is -3.85. The van der Waals surface area contributed by atoms with Gasteiger partial charge in [-0.15, -0.1) is 0 Å². The van der Waals surface area contributed by atoms with Crippen molar-refractivity contribution in [1.29, 1.82) is 0 Å². The van der Waals surface area contributed by atoms with E-state index in [1.165, 1.54) is 0 Å². The van der Waals surface area contributed by atoms with Crippen molar-refractivity contribution in [2.45, 2.75) is 32.4 Å². The first-order chi connectivity index (χ1) is 17.0. The van der Waals surface area contributed by atoms with Crippen molar-refractivity contribution in [3.63, 3.8) is 0 Å². The monoisotopic (exact) mass is 504 g/mol. The minimum Gasteiger partial charge on any atom is -0.489 e. The predicted octanol–water partition coefficient (Wildman–Crippen LogP) is 3.84. The topological polar surface area (TPSA) is 102 Å². The average molecular weight is 505 g/mol. The second-order valence-electron chi connectivity index (χ2n) is 9.18. The summed E-state index contributed by atoms with van der Waals surface area (Å²) >= 11 is 0. The Morgan fingerprint density at radius 2 is 1.64 bits per heavy atom. The lowest BCUT2D eigenvalue weighted by molar-refractivity contribution is -0.124. The van der Waals surface area contributed by atoms with E-state index in [-0.39, 0.29) is 5.57 Å². The zero-order valence-corrected chi connectivity index (χ0v) is 21.2. The summed E-state index contributed by atoms with van der Waals surface area (Å²) in [6, 6.07) is 24.7. The van der Waals surface area contributed by atoms with E-state index in [0.29, 0.717) is 29.9 Å². The Labute approximate surface area is 211 Å². The van der Waals surface area contributed by atoms with Crippen LogP contribution >= 0.6 is 0 Å². The number of rotatable bonds is 7. The van der Waals surface area contributed by atoms with E-state index in [4.69, 9.17) is 4.74 Å². The Kier molecular flexibility index (Phi) is 6.99. The lowest BCUT2D eigenvalue weighted by Gasteiger charge is -2.37. The molecule has 0 fully saturated rings. The molecule has 3 aromatic rings. The van der Waals surface area contributed by atoms with Crippen LogP contribution in [-0.2, 0) is 31.8 Å². The molecule has 2 N–H and O–H groups in total. The summed E-state index contributed by atoms with van der Waals surface area (Å²) < 4.78 is 31.2. The van der Waals surface area contributed by atoms with Crippen molar-refractivity contribution in [2.75, 3.05) is 6.26 Å². The van der Waals surface area contributed by atoms with Crippen molar-refractivity contribution in [2.24, 2.45) is 0 Å². The second-order valence-corrected chi connectivity index (χ2v) is 10.9. The normalized spacial score (nSPS) is 17.9. The fourth-order valence-corrected chi connectivity index (χ4v) is 4.67. The summed E-state index contributed by atoms with van der Waals surface area (Å²) in [5, 5.41) is 2.92. The molecule has 1 aliphatic heterocycles. The summed E-state index contributed by atoms with van der Waals surface area (Å²) in [4.78, 5) is 26.1. The molecule has 7 nitrogen and oxygen atoms in total. The average Bonchev–Trinajstić information content (AvgIpc) is 2.82. The zero-order valence-electron chi connectivity index (χ0n) is 20.4. The number of ether oxygens (including phenoxy) is 1. The van der Waals surface area contributed by atoms with Crippen molar-refractivity contribution in [3.8, 4) is 5.75 Å². The van der Waals surface area contributed by atoms with Crippen molar-refractivity contribution in [1.82, 2.24) is 10.0 Å². The third kappa shape index (κ3) is 5.83. The fraction of sp³-hybridized carbons (Fsp3) is 0.214. The lowest BCUT2D eigenvalue weighted by Crippen LogP contribution is -2.50. The van der Waals surface area contributed by atoms with Crippen LogP contribution < -0.4 is 14.8 Å². The number of nitrogens with one attached hydrogen (secondary N) is 2. The number of hydrogen-bond acceptors (Lipinski definition) is 5. The molecule has 8 heteroatoms. The van der Waals surface area contributed by atoms with Gasteiger partial charge in [-0.3, -0.25) is 9.59 Å². The van der Waals surface area contributed by atoms with E-state index in [1.54, 1.807) is 0 Å². The highest BCUT2D eigenvalue weighted by Crippen LogP contribution is 2.39. The van der Waals surface area contributed by atoms with Gasteiger partial charge in [-0.2, -0.15) is 0 Å².